The first-order valence-electron chi connectivity index (χ1n) is 5.45. The molecule has 90 valence electrons. The number of thiocarbonyl (C=S) groups is 1. The number of rotatable bonds is 1. The number of hydrogen-bond donors (Lipinski definition) is 2. The normalized spacial score (nSPS) is 12.7. The summed E-state index contributed by atoms with van der Waals surface area (Å²) in [5, 5.41) is 0. The number of benzene rings is 1. The van der Waals surface area contributed by atoms with E-state index in [4.69, 9.17) is 18.0 Å². The Hall–Kier alpha value is -1.59. The number of pyridine rings is 1. The van der Waals surface area contributed by atoms with E-state index in [2.05, 4.69) is 11.1 Å². The van der Waals surface area contributed by atoms with Crippen molar-refractivity contribution in [1.82, 2.24) is 4.98 Å². The second kappa shape index (κ2) is 4.26. The van der Waals surface area contributed by atoms with Gasteiger partial charge in [0.05, 0.1) is 5.56 Å². The van der Waals surface area contributed by atoms with Crippen LogP contribution in [0, 0.1) is 0 Å². The van der Waals surface area contributed by atoms with Crippen LogP contribution in [0.4, 0.5) is 0 Å². The lowest BCUT2D eigenvalue weighted by Gasteiger charge is -2.19. The van der Waals surface area contributed by atoms with Gasteiger partial charge < -0.3 is 10.7 Å². The SMILES string of the molecule is NC(=S)c1cc2c([nH]c1=O)CSc1ccccc1-2. The molecule has 0 saturated carbocycles. The fraction of sp³-hybridized carbons (Fsp3) is 0.0769. The Morgan fingerprint density at radius 3 is 2.89 bits per heavy atom. The highest BCUT2D eigenvalue weighted by molar-refractivity contribution is 7.98. The van der Waals surface area contributed by atoms with Crippen LogP contribution in [-0.2, 0) is 5.75 Å². The average Bonchev–Trinajstić information content (AvgIpc) is 2.37. The maximum absolute atomic E-state index is 11.8. The van der Waals surface area contributed by atoms with Crippen LogP contribution < -0.4 is 11.3 Å². The van der Waals surface area contributed by atoms with Crippen molar-refractivity contribution in [3.8, 4) is 11.1 Å². The molecule has 3 nitrogen and oxygen atoms in total. The molecule has 0 bridgehead atoms. The molecular weight excluding hydrogens is 264 g/mol. The minimum absolute atomic E-state index is 0.134. The number of aromatic amines is 1. The van der Waals surface area contributed by atoms with E-state index < -0.39 is 0 Å². The first kappa shape index (κ1) is 11.5. The zero-order valence-corrected chi connectivity index (χ0v) is 11.0. The Labute approximate surface area is 113 Å². The van der Waals surface area contributed by atoms with E-state index >= 15 is 0 Å². The number of fused-ring (bicyclic) bond motifs is 3. The average molecular weight is 274 g/mol. The van der Waals surface area contributed by atoms with Gasteiger partial charge in [0, 0.05) is 21.9 Å². The molecule has 0 spiro atoms. The van der Waals surface area contributed by atoms with Crippen molar-refractivity contribution in [2.45, 2.75) is 10.6 Å². The van der Waals surface area contributed by atoms with E-state index in [0.717, 1.165) is 22.6 Å². The molecule has 1 aliphatic heterocycles. The summed E-state index contributed by atoms with van der Waals surface area (Å²) in [5.74, 6) is 0.763. The molecule has 0 amide bonds. The summed E-state index contributed by atoms with van der Waals surface area (Å²) < 4.78 is 0. The van der Waals surface area contributed by atoms with Crippen LogP contribution in [-0.4, -0.2) is 9.97 Å². The molecule has 1 aromatic carbocycles. The Morgan fingerprint density at radius 2 is 2.11 bits per heavy atom. The van der Waals surface area contributed by atoms with Gasteiger partial charge in [0.15, 0.2) is 0 Å². The Bertz CT molecular complexity index is 706. The van der Waals surface area contributed by atoms with Gasteiger partial charge in [-0.05, 0) is 17.7 Å². The molecule has 18 heavy (non-hydrogen) atoms. The second-order valence-electron chi connectivity index (χ2n) is 4.05. The molecule has 0 radical (unpaired) electrons. The highest BCUT2D eigenvalue weighted by Gasteiger charge is 2.19. The Balaban J connectivity index is 2.30. The minimum atomic E-state index is -0.207. The molecule has 2 heterocycles. The van der Waals surface area contributed by atoms with Crippen molar-refractivity contribution in [2.75, 3.05) is 0 Å². The van der Waals surface area contributed by atoms with Gasteiger partial charge in [-0.15, -0.1) is 11.8 Å². The summed E-state index contributed by atoms with van der Waals surface area (Å²) in [4.78, 5) is 16.0. The van der Waals surface area contributed by atoms with Crippen LogP contribution in [0.5, 0.6) is 0 Å². The van der Waals surface area contributed by atoms with Gasteiger partial charge in [-0.1, -0.05) is 30.4 Å². The first-order valence-corrected chi connectivity index (χ1v) is 6.84. The van der Waals surface area contributed by atoms with Gasteiger partial charge in [-0.3, -0.25) is 4.79 Å². The van der Waals surface area contributed by atoms with Gasteiger partial charge >= 0.3 is 0 Å². The molecule has 0 aliphatic carbocycles. The third-order valence-corrected chi connectivity index (χ3v) is 4.26. The van der Waals surface area contributed by atoms with Crippen molar-refractivity contribution in [2.24, 2.45) is 5.73 Å². The highest BCUT2D eigenvalue weighted by Crippen LogP contribution is 2.40. The summed E-state index contributed by atoms with van der Waals surface area (Å²) in [5.41, 5.74) is 8.82. The molecule has 5 heteroatoms. The van der Waals surface area contributed by atoms with Gasteiger partial charge in [0.2, 0.25) is 0 Å². The van der Waals surface area contributed by atoms with E-state index in [9.17, 15) is 4.79 Å². The Kier molecular flexibility index (Phi) is 2.72. The quantitative estimate of drug-likeness (QED) is 0.783. The first-order chi connectivity index (χ1) is 8.66. The predicted molar refractivity (Wildman–Crippen MR) is 77.9 cm³/mol. The smallest absolute Gasteiger partial charge is 0.258 e. The monoisotopic (exact) mass is 274 g/mol. The van der Waals surface area contributed by atoms with Crippen molar-refractivity contribution >= 4 is 29.0 Å². The van der Waals surface area contributed by atoms with Gasteiger partial charge in [0.1, 0.15) is 4.99 Å². The maximum atomic E-state index is 11.8. The lowest BCUT2D eigenvalue weighted by Crippen LogP contribution is -2.24. The lowest BCUT2D eigenvalue weighted by molar-refractivity contribution is 1.10. The van der Waals surface area contributed by atoms with Crippen molar-refractivity contribution in [1.29, 1.82) is 0 Å². The van der Waals surface area contributed by atoms with E-state index in [-0.39, 0.29) is 10.5 Å². The van der Waals surface area contributed by atoms with E-state index in [0.29, 0.717) is 5.56 Å². The van der Waals surface area contributed by atoms with E-state index in [1.807, 2.05) is 18.2 Å². The number of thioether (sulfide) groups is 1. The molecule has 1 aliphatic rings. The van der Waals surface area contributed by atoms with Gasteiger partial charge in [-0.2, -0.15) is 0 Å². The van der Waals surface area contributed by atoms with Crippen LogP contribution in [0.1, 0.15) is 11.3 Å². The van der Waals surface area contributed by atoms with Crippen LogP contribution in [0.15, 0.2) is 40.0 Å². The number of hydrogen-bond acceptors (Lipinski definition) is 3. The standard InChI is InChI=1S/C13H10N2OS2/c14-12(17)9-5-8-7-3-1-2-4-11(7)18-6-10(8)15-13(9)16/h1-5H,6H2,(H2,14,17)(H,15,16). The van der Waals surface area contributed by atoms with Crippen LogP contribution in [0.25, 0.3) is 11.1 Å². The molecule has 2 aromatic rings. The zero-order valence-electron chi connectivity index (χ0n) is 9.40. The summed E-state index contributed by atoms with van der Waals surface area (Å²) in [7, 11) is 0. The minimum Gasteiger partial charge on any atom is -0.389 e. The zero-order chi connectivity index (χ0) is 12.7. The third kappa shape index (κ3) is 1.76. The summed E-state index contributed by atoms with van der Waals surface area (Å²) >= 11 is 6.63. The van der Waals surface area contributed by atoms with E-state index in [1.165, 1.54) is 4.90 Å². The third-order valence-electron chi connectivity index (χ3n) is 2.94. The van der Waals surface area contributed by atoms with Crippen molar-refractivity contribution < 1.29 is 0 Å². The molecule has 0 atom stereocenters. The molecular formula is C13H10N2OS2. The molecule has 0 fully saturated rings. The molecule has 3 N–H and O–H groups in total. The summed E-state index contributed by atoms with van der Waals surface area (Å²) in [6.45, 7) is 0. The lowest BCUT2D eigenvalue weighted by atomic mass is 10.0. The molecule has 3 rings (SSSR count). The maximum Gasteiger partial charge on any atom is 0.258 e. The van der Waals surface area contributed by atoms with Crippen molar-refractivity contribution in [3.05, 3.63) is 51.9 Å². The predicted octanol–water partition coefficient (Wildman–Crippen LogP) is 2.28. The summed E-state index contributed by atoms with van der Waals surface area (Å²) in [6.07, 6.45) is 0. The fourth-order valence-corrected chi connectivity index (χ4v) is 3.26. The molecule has 1 aromatic heterocycles. The van der Waals surface area contributed by atoms with Crippen LogP contribution >= 0.6 is 24.0 Å². The summed E-state index contributed by atoms with van der Waals surface area (Å²) in [6, 6.07) is 9.92. The van der Waals surface area contributed by atoms with Crippen LogP contribution in [0.3, 0.4) is 0 Å². The highest BCUT2D eigenvalue weighted by atomic mass is 32.2. The number of nitrogens with one attached hydrogen (secondary N) is 1. The fourth-order valence-electron chi connectivity index (χ4n) is 2.07. The molecule has 0 unspecified atom stereocenters. The largest absolute Gasteiger partial charge is 0.389 e. The van der Waals surface area contributed by atoms with E-state index in [1.54, 1.807) is 17.8 Å². The van der Waals surface area contributed by atoms with Crippen LogP contribution in [0.2, 0.25) is 0 Å². The van der Waals surface area contributed by atoms with Gasteiger partial charge in [0.25, 0.3) is 5.56 Å². The molecule has 0 saturated heterocycles. The van der Waals surface area contributed by atoms with Crippen molar-refractivity contribution in [3.63, 3.8) is 0 Å². The number of H-pyrrole nitrogens is 1. The number of nitrogens with two attached hydrogens (primary N) is 1. The Morgan fingerprint density at radius 1 is 1.33 bits per heavy atom. The second-order valence-corrected chi connectivity index (χ2v) is 5.51. The topological polar surface area (TPSA) is 58.9 Å². The van der Waals surface area contributed by atoms with Gasteiger partial charge in [-0.25, -0.2) is 0 Å². The number of aromatic nitrogens is 1.